The summed E-state index contributed by atoms with van der Waals surface area (Å²) in [5.74, 6) is 0.842. The van der Waals surface area contributed by atoms with Crippen molar-refractivity contribution in [1.29, 1.82) is 0 Å². The molecule has 1 nitrogen and oxygen atoms in total. The Morgan fingerprint density at radius 1 is 1.36 bits per heavy atom. The van der Waals surface area contributed by atoms with Crippen LogP contribution in [0.5, 0.6) is 0 Å². The van der Waals surface area contributed by atoms with Gasteiger partial charge in [-0.05, 0) is 49.7 Å². The molecule has 14 heavy (non-hydrogen) atoms. The second-order valence-corrected chi connectivity index (χ2v) is 5.15. The molecule has 1 aromatic rings. The van der Waals surface area contributed by atoms with Crippen LogP contribution in [0.1, 0.15) is 31.6 Å². The summed E-state index contributed by atoms with van der Waals surface area (Å²) in [7, 11) is 0. The standard InChI is InChI=1S/C12H21NS/c1-11(2)5-3-8-13-9-7-12-6-4-10-14-12/h4,6,10-11,13H,3,5,7-9H2,1-2H3. The molecule has 2 heteroatoms. The fourth-order valence-corrected chi connectivity index (χ4v) is 2.14. The van der Waals surface area contributed by atoms with E-state index in [1.54, 1.807) is 0 Å². The van der Waals surface area contributed by atoms with Crippen molar-refractivity contribution in [1.82, 2.24) is 5.32 Å². The summed E-state index contributed by atoms with van der Waals surface area (Å²) >= 11 is 1.85. The number of thiophene rings is 1. The van der Waals surface area contributed by atoms with Gasteiger partial charge in [-0.3, -0.25) is 0 Å². The first-order valence-electron chi connectivity index (χ1n) is 5.52. The van der Waals surface area contributed by atoms with E-state index in [0.29, 0.717) is 0 Å². The summed E-state index contributed by atoms with van der Waals surface area (Å²) in [6, 6.07) is 4.33. The maximum Gasteiger partial charge on any atom is 0.00578 e. The van der Waals surface area contributed by atoms with Gasteiger partial charge >= 0.3 is 0 Å². The van der Waals surface area contributed by atoms with E-state index in [-0.39, 0.29) is 0 Å². The molecule has 0 aliphatic carbocycles. The Morgan fingerprint density at radius 3 is 2.86 bits per heavy atom. The van der Waals surface area contributed by atoms with Gasteiger partial charge in [0.25, 0.3) is 0 Å². The van der Waals surface area contributed by atoms with Gasteiger partial charge in [-0.25, -0.2) is 0 Å². The minimum atomic E-state index is 0.842. The quantitative estimate of drug-likeness (QED) is 0.682. The molecule has 0 aliphatic rings. The average molecular weight is 211 g/mol. The average Bonchev–Trinajstić information content (AvgIpc) is 2.63. The lowest BCUT2D eigenvalue weighted by atomic mass is 10.1. The van der Waals surface area contributed by atoms with Gasteiger partial charge < -0.3 is 5.32 Å². The molecule has 0 saturated carbocycles. The fraction of sp³-hybridized carbons (Fsp3) is 0.667. The molecule has 1 N–H and O–H groups in total. The number of rotatable bonds is 7. The highest BCUT2D eigenvalue weighted by Gasteiger charge is 1.95. The van der Waals surface area contributed by atoms with Gasteiger partial charge in [0.05, 0.1) is 0 Å². The van der Waals surface area contributed by atoms with Crippen LogP contribution in [0.25, 0.3) is 0 Å². The van der Waals surface area contributed by atoms with Crippen molar-refractivity contribution in [2.45, 2.75) is 33.1 Å². The summed E-state index contributed by atoms with van der Waals surface area (Å²) in [5.41, 5.74) is 0. The highest BCUT2D eigenvalue weighted by atomic mass is 32.1. The van der Waals surface area contributed by atoms with E-state index >= 15 is 0 Å². The van der Waals surface area contributed by atoms with Crippen molar-refractivity contribution in [3.63, 3.8) is 0 Å². The molecule has 0 atom stereocenters. The van der Waals surface area contributed by atoms with Crippen LogP contribution in [-0.2, 0) is 6.42 Å². The fourth-order valence-electron chi connectivity index (χ4n) is 1.43. The Kier molecular flexibility index (Phi) is 5.88. The lowest BCUT2D eigenvalue weighted by Gasteiger charge is -2.05. The van der Waals surface area contributed by atoms with Crippen molar-refractivity contribution in [2.24, 2.45) is 5.92 Å². The van der Waals surface area contributed by atoms with E-state index in [2.05, 4.69) is 36.7 Å². The lowest BCUT2D eigenvalue weighted by molar-refractivity contribution is 0.529. The summed E-state index contributed by atoms with van der Waals surface area (Å²) in [6.45, 7) is 6.86. The van der Waals surface area contributed by atoms with Crippen LogP contribution in [0.3, 0.4) is 0 Å². The maximum atomic E-state index is 3.49. The van der Waals surface area contributed by atoms with Crippen LogP contribution in [0, 0.1) is 5.92 Å². The number of hydrogen-bond acceptors (Lipinski definition) is 2. The predicted octanol–water partition coefficient (Wildman–Crippen LogP) is 3.32. The van der Waals surface area contributed by atoms with Crippen molar-refractivity contribution in [3.05, 3.63) is 22.4 Å². The first kappa shape index (κ1) is 11.7. The summed E-state index contributed by atoms with van der Waals surface area (Å²) in [4.78, 5) is 1.49. The summed E-state index contributed by atoms with van der Waals surface area (Å²) in [5, 5.41) is 5.63. The van der Waals surface area contributed by atoms with Crippen LogP contribution >= 0.6 is 11.3 Å². The van der Waals surface area contributed by atoms with Crippen LogP contribution in [-0.4, -0.2) is 13.1 Å². The molecule has 0 spiro atoms. The van der Waals surface area contributed by atoms with Gasteiger partial charge in [-0.15, -0.1) is 11.3 Å². The van der Waals surface area contributed by atoms with Crippen LogP contribution in [0.4, 0.5) is 0 Å². The van der Waals surface area contributed by atoms with Gasteiger partial charge in [0.15, 0.2) is 0 Å². The zero-order valence-electron chi connectivity index (χ0n) is 9.25. The first-order valence-corrected chi connectivity index (χ1v) is 6.40. The topological polar surface area (TPSA) is 12.0 Å². The predicted molar refractivity (Wildman–Crippen MR) is 65.0 cm³/mol. The summed E-state index contributed by atoms with van der Waals surface area (Å²) in [6.07, 6.45) is 3.83. The third kappa shape index (κ3) is 5.40. The molecule has 0 aliphatic heterocycles. The lowest BCUT2D eigenvalue weighted by Crippen LogP contribution is -2.18. The highest BCUT2D eigenvalue weighted by Crippen LogP contribution is 2.08. The third-order valence-corrected chi connectivity index (χ3v) is 3.20. The van der Waals surface area contributed by atoms with Crippen molar-refractivity contribution in [2.75, 3.05) is 13.1 Å². The minimum Gasteiger partial charge on any atom is -0.316 e. The number of nitrogens with one attached hydrogen (secondary N) is 1. The largest absolute Gasteiger partial charge is 0.316 e. The molecule has 80 valence electrons. The Hall–Kier alpha value is -0.340. The van der Waals surface area contributed by atoms with Gasteiger partial charge in [0.1, 0.15) is 0 Å². The molecule has 0 bridgehead atoms. The molecular formula is C12H21NS. The zero-order valence-corrected chi connectivity index (χ0v) is 10.1. The SMILES string of the molecule is CC(C)CCCNCCc1cccs1. The molecule has 0 amide bonds. The first-order chi connectivity index (χ1) is 6.79. The van der Waals surface area contributed by atoms with E-state index in [4.69, 9.17) is 0 Å². The minimum absolute atomic E-state index is 0.842. The van der Waals surface area contributed by atoms with Gasteiger partial charge in [-0.2, -0.15) is 0 Å². The van der Waals surface area contributed by atoms with Crippen molar-refractivity contribution < 1.29 is 0 Å². The van der Waals surface area contributed by atoms with Crippen molar-refractivity contribution in [3.8, 4) is 0 Å². The zero-order chi connectivity index (χ0) is 10.2. The molecule has 0 radical (unpaired) electrons. The second kappa shape index (κ2) is 7.02. The Balaban J connectivity index is 1.90. The Labute approximate surface area is 91.5 Å². The third-order valence-electron chi connectivity index (χ3n) is 2.26. The maximum absolute atomic E-state index is 3.49. The van der Waals surface area contributed by atoms with Crippen molar-refractivity contribution >= 4 is 11.3 Å². The molecule has 1 rings (SSSR count). The second-order valence-electron chi connectivity index (χ2n) is 4.12. The molecule has 1 heterocycles. The van der Waals surface area contributed by atoms with Crippen LogP contribution < -0.4 is 5.32 Å². The van der Waals surface area contributed by atoms with E-state index in [0.717, 1.165) is 12.5 Å². The molecular weight excluding hydrogens is 190 g/mol. The molecule has 0 unspecified atom stereocenters. The molecule has 0 aromatic carbocycles. The van der Waals surface area contributed by atoms with E-state index in [1.165, 1.54) is 30.7 Å². The van der Waals surface area contributed by atoms with Gasteiger partial charge in [-0.1, -0.05) is 19.9 Å². The number of hydrogen-bond donors (Lipinski definition) is 1. The molecule has 1 aromatic heterocycles. The van der Waals surface area contributed by atoms with Crippen LogP contribution in [0.15, 0.2) is 17.5 Å². The van der Waals surface area contributed by atoms with Gasteiger partial charge in [0, 0.05) is 4.88 Å². The molecule has 0 saturated heterocycles. The molecule has 0 fully saturated rings. The smallest absolute Gasteiger partial charge is 0.00578 e. The van der Waals surface area contributed by atoms with E-state index < -0.39 is 0 Å². The van der Waals surface area contributed by atoms with E-state index in [1.807, 2.05) is 11.3 Å². The normalized spacial score (nSPS) is 11.1. The Morgan fingerprint density at radius 2 is 2.21 bits per heavy atom. The van der Waals surface area contributed by atoms with Crippen LogP contribution in [0.2, 0.25) is 0 Å². The van der Waals surface area contributed by atoms with E-state index in [9.17, 15) is 0 Å². The highest BCUT2D eigenvalue weighted by molar-refractivity contribution is 7.09. The Bertz CT molecular complexity index is 216. The summed E-state index contributed by atoms with van der Waals surface area (Å²) < 4.78 is 0. The monoisotopic (exact) mass is 211 g/mol. The van der Waals surface area contributed by atoms with Gasteiger partial charge in [0.2, 0.25) is 0 Å².